The van der Waals surface area contributed by atoms with Gasteiger partial charge in [0.1, 0.15) is 0 Å². The van der Waals surface area contributed by atoms with E-state index in [0.717, 1.165) is 12.5 Å². The quantitative estimate of drug-likeness (QED) is 0.882. The zero-order valence-electron chi connectivity index (χ0n) is 11.1. The Balaban J connectivity index is 1.78. The van der Waals surface area contributed by atoms with Gasteiger partial charge in [-0.1, -0.05) is 30.7 Å². The average molecular weight is 244 g/mol. The topological polar surface area (TPSA) is 29.3 Å². The molecule has 0 spiro atoms. The van der Waals surface area contributed by atoms with Crippen molar-refractivity contribution in [2.24, 2.45) is 5.73 Å². The number of nitrogens with two attached hydrogens (primary N) is 1. The molecular weight excluding hydrogens is 220 g/mol. The maximum absolute atomic E-state index is 6.04. The summed E-state index contributed by atoms with van der Waals surface area (Å²) in [5.41, 5.74) is 9.00. The number of benzene rings is 1. The Hall–Kier alpha value is -0.860. The fourth-order valence-corrected chi connectivity index (χ4v) is 3.16. The van der Waals surface area contributed by atoms with Crippen molar-refractivity contribution in [3.63, 3.8) is 0 Å². The fourth-order valence-electron chi connectivity index (χ4n) is 3.16. The molecule has 1 aliphatic heterocycles. The first-order valence-electron chi connectivity index (χ1n) is 7.42. The summed E-state index contributed by atoms with van der Waals surface area (Å²) in [5.74, 6) is 0.838. The maximum atomic E-state index is 6.04. The van der Waals surface area contributed by atoms with Gasteiger partial charge in [-0.05, 0) is 55.8 Å². The van der Waals surface area contributed by atoms with E-state index in [1.165, 1.54) is 56.3 Å². The Bertz CT molecular complexity index is 392. The molecule has 0 bridgehead atoms. The van der Waals surface area contributed by atoms with E-state index in [1.807, 2.05) is 0 Å². The standard InChI is InChI=1S/C16H24N2/c17-12-16(18-9-2-1-3-10-18)15-6-4-5-14(11-15)13-7-8-13/h4-6,11,13,16H,1-3,7-10,12,17H2. The van der Waals surface area contributed by atoms with Crippen molar-refractivity contribution in [1.29, 1.82) is 0 Å². The largest absolute Gasteiger partial charge is 0.329 e. The second-order valence-corrected chi connectivity index (χ2v) is 5.79. The molecule has 1 atom stereocenters. The Labute approximate surface area is 110 Å². The van der Waals surface area contributed by atoms with Crippen molar-refractivity contribution in [2.75, 3.05) is 19.6 Å². The van der Waals surface area contributed by atoms with E-state index in [1.54, 1.807) is 0 Å². The maximum Gasteiger partial charge on any atom is 0.0470 e. The molecule has 2 aliphatic rings. The van der Waals surface area contributed by atoms with Crippen LogP contribution in [0.2, 0.25) is 0 Å². The number of nitrogens with zero attached hydrogens (tertiary/aromatic N) is 1. The van der Waals surface area contributed by atoms with Crippen LogP contribution in [0.25, 0.3) is 0 Å². The zero-order chi connectivity index (χ0) is 12.4. The predicted octanol–water partition coefficient (Wildman–Crippen LogP) is 3.05. The first kappa shape index (κ1) is 12.2. The third-order valence-corrected chi connectivity index (χ3v) is 4.40. The van der Waals surface area contributed by atoms with Crippen LogP contribution in [0.4, 0.5) is 0 Å². The molecule has 3 rings (SSSR count). The summed E-state index contributed by atoms with van der Waals surface area (Å²) >= 11 is 0. The molecule has 1 saturated heterocycles. The van der Waals surface area contributed by atoms with Gasteiger partial charge in [0.05, 0.1) is 0 Å². The number of hydrogen-bond acceptors (Lipinski definition) is 2. The van der Waals surface area contributed by atoms with Crippen LogP contribution in [-0.2, 0) is 0 Å². The molecule has 2 N–H and O–H groups in total. The minimum absolute atomic E-state index is 0.434. The van der Waals surface area contributed by atoms with Crippen LogP contribution < -0.4 is 5.73 Å². The smallest absolute Gasteiger partial charge is 0.0470 e. The molecule has 18 heavy (non-hydrogen) atoms. The number of likely N-dealkylation sites (tertiary alicyclic amines) is 1. The molecule has 1 saturated carbocycles. The van der Waals surface area contributed by atoms with E-state index in [2.05, 4.69) is 29.2 Å². The predicted molar refractivity (Wildman–Crippen MR) is 75.6 cm³/mol. The highest BCUT2D eigenvalue weighted by Gasteiger charge is 2.25. The van der Waals surface area contributed by atoms with E-state index in [4.69, 9.17) is 5.73 Å². The summed E-state index contributed by atoms with van der Waals surface area (Å²) < 4.78 is 0. The van der Waals surface area contributed by atoms with E-state index in [-0.39, 0.29) is 0 Å². The van der Waals surface area contributed by atoms with Crippen LogP contribution in [0.5, 0.6) is 0 Å². The van der Waals surface area contributed by atoms with Gasteiger partial charge in [-0.15, -0.1) is 0 Å². The van der Waals surface area contributed by atoms with Gasteiger partial charge in [0.2, 0.25) is 0 Å². The van der Waals surface area contributed by atoms with Gasteiger partial charge < -0.3 is 5.73 Å². The molecule has 2 heteroatoms. The second kappa shape index (κ2) is 5.41. The third kappa shape index (κ3) is 2.60. The first-order valence-corrected chi connectivity index (χ1v) is 7.42. The van der Waals surface area contributed by atoms with Crippen LogP contribution in [0.15, 0.2) is 24.3 Å². The monoisotopic (exact) mass is 244 g/mol. The molecule has 0 amide bonds. The fraction of sp³-hybridized carbons (Fsp3) is 0.625. The molecule has 0 aromatic heterocycles. The molecule has 98 valence electrons. The molecule has 1 heterocycles. The Morgan fingerprint density at radius 3 is 2.61 bits per heavy atom. The van der Waals surface area contributed by atoms with Crippen LogP contribution >= 0.6 is 0 Å². The second-order valence-electron chi connectivity index (χ2n) is 5.79. The van der Waals surface area contributed by atoms with E-state index >= 15 is 0 Å². The van der Waals surface area contributed by atoms with E-state index < -0.39 is 0 Å². The normalized spacial score (nSPS) is 22.9. The van der Waals surface area contributed by atoms with Gasteiger partial charge in [-0.25, -0.2) is 0 Å². The molecule has 2 fully saturated rings. The van der Waals surface area contributed by atoms with Crippen molar-refractivity contribution in [3.8, 4) is 0 Å². The summed E-state index contributed by atoms with van der Waals surface area (Å²) in [5, 5.41) is 0. The Morgan fingerprint density at radius 2 is 1.94 bits per heavy atom. The first-order chi connectivity index (χ1) is 8.88. The molecule has 1 aromatic carbocycles. The molecule has 1 aliphatic carbocycles. The van der Waals surface area contributed by atoms with Gasteiger partial charge in [-0.2, -0.15) is 0 Å². The molecule has 2 nitrogen and oxygen atoms in total. The van der Waals surface area contributed by atoms with Gasteiger partial charge in [-0.3, -0.25) is 4.90 Å². The van der Waals surface area contributed by atoms with Crippen LogP contribution in [0.3, 0.4) is 0 Å². The summed E-state index contributed by atoms with van der Waals surface area (Å²) in [6.45, 7) is 3.18. The van der Waals surface area contributed by atoms with E-state index in [0.29, 0.717) is 6.04 Å². The number of piperidine rings is 1. The van der Waals surface area contributed by atoms with Crippen LogP contribution in [0, 0.1) is 0 Å². The van der Waals surface area contributed by atoms with Gasteiger partial charge in [0.15, 0.2) is 0 Å². The SMILES string of the molecule is NCC(c1cccc(C2CC2)c1)N1CCCCC1. The van der Waals surface area contributed by atoms with Gasteiger partial charge >= 0.3 is 0 Å². The van der Waals surface area contributed by atoms with Gasteiger partial charge in [0, 0.05) is 12.6 Å². The van der Waals surface area contributed by atoms with Crippen LogP contribution in [-0.4, -0.2) is 24.5 Å². The van der Waals surface area contributed by atoms with E-state index in [9.17, 15) is 0 Å². The lowest BCUT2D eigenvalue weighted by Crippen LogP contribution is -2.37. The summed E-state index contributed by atoms with van der Waals surface area (Å²) in [6.07, 6.45) is 6.80. The molecular formula is C16H24N2. The number of rotatable bonds is 4. The van der Waals surface area contributed by atoms with Crippen molar-refractivity contribution < 1.29 is 0 Å². The highest BCUT2D eigenvalue weighted by Crippen LogP contribution is 2.40. The average Bonchev–Trinajstić information content (AvgIpc) is 3.26. The van der Waals surface area contributed by atoms with Crippen LogP contribution in [0.1, 0.15) is 55.2 Å². The lowest BCUT2D eigenvalue weighted by atomic mass is 9.98. The van der Waals surface area contributed by atoms with Crippen molar-refractivity contribution >= 4 is 0 Å². The minimum atomic E-state index is 0.434. The molecule has 0 radical (unpaired) electrons. The van der Waals surface area contributed by atoms with Crippen molar-refractivity contribution in [2.45, 2.75) is 44.1 Å². The highest BCUT2D eigenvalue weighted by molar-refractivity contribution is 5.31. The lowest BCUT2D eigenvalue weighted by molar-refractivity contribution is 0.167. The summed E-state index contributed by atoms with van der Waals surface area (Å²) in [6, 6.07) is 9.60. The minimum Gasteiger partial charge on any atom is -0.329 e. The summed E-state index contributed by atoms with van der Waals surface area (Å²) in [7, 11) is 0. The molecule has 1 unspecified atom stereocenters. The third-order valence-electron chi connectivity index (χ3n) is 4.40. The Morgan fingerprint density at radius 1 is 1.17 bits per heavy atom. The number of hydrogen-bond donors (Lipinski definition) is 1. The lowest BCUT2D eigenvalue weighted by Gasteiger charge is -2.34. The summed E-state index contributed by atoms with van der Waals surface area (Å²) in [4.78, 5) is 2.58. The highest BCUT2D eigenvalue weighted by atomic mass is 15.2. The van der Waals surface area contributed by atoms with Gasteiger partial charge in [0.25, 0.3) is 0 Å². The van der Waals surface area contributed by atoms with Crippen molar-refractivity contribution in [1.82, 2.24) is 4.90 Å². The Kier molecular flexibility index (Phi) is 3.67. The van der Waals surface area contributed by atoms with Crippen molar-refractivity contribution in [3.05, 3.63) is 35.4 Å². The molecule has 1 aromatic rings. The zero-order valence-corrected chi connectivity index (χ0v) is 11.1.